The lowest BCUT2D eigenvalue weighted by Gasteiger charge is -2.14. The summed E-state index contributed by atoms with van der Waals surface area (Å²) in [5.41, 5.74) is 2.35. The van der Waals surface area contributed by atoms with Crippen molar-refractivity contribution in [2.45, 2.75) is 25.7 Å². The van der Waals surface area contributed by atoms with Gasteiger partial charge in [0.2, 0.25) is 0 Å². The molecule has 6 rings (SSSR count). The summed E-state index contributed by atoms with van der Waals surface area (Å²) in [6.45, 7) is 1.71. The second-order valence-corrected chi connectivity index (χ2v) is 9.33. The number of carbonyl (C=O) groups is 1. The number of nitrogens with one attached hydrogen (secondary N) is 2. The highest BCUT2D eigenvalue weighted by atomic mass is 19.1. The predicted octanol–water partition coefficient (Wildman–Crippen LogP) is 6.22. The van der Waals surface area contributed by atoms with Gasteiger partial charge in [0.05, 0.1) is 11.7 Å². The number of H-pyrrole nitrogens is 1. The van der Waals surface area contributed by atoms with Crippen molar-refractivity contribution < 1.29 is 18.3 Å². The molecule has 38 heavy (non-hydrogen) atoms. The average molecular weight is 513 g/mol. The van der Waals surface area contributed by atoms with Gasteiger partial charge in [0.15, 0.2) is 11.6 Å². The van der Waals surface area contributed by atoms with E-state index in [1.807, 2.05) is 12.1 Å². The first kappa shape index (κ1) is 23.6. The van der Waals surface area contributed by atoms with Crippen LogP contribution in [0.25, 0.3) is 16.6 Å². The molecule has 1 saturated carbocycles. The van der Waals surface area contributed by atoms with Crippen molar-refractivity contribution in [3.8, 4) is 17.2 Å². The van der Waals surface area contributed by atoms with Gasteiger partial charge < -0.3 is 10.1 Å². The predicted molar refractivity (Wildman–Crippen MR) is 139 cm³/mol. The molecule has 9 heteroatoms. The molecule has 0 unspecified atom stereocenters. The maximum atomic E-state index is 15.0. The summed E-state index contributed by atoms with van der Waals surface area (Å²) >= 11 is 0. The summed E-state index contributed by atoms with van der Waals surface area (Å²) < 4.78 is 35.7. The van der Waals surface area contributed by atoms with E-state index in [0.29, 0.717) is 23.0 Å². The van der Waals surface area contributed by atoms with E-state index in [4.69, 9.17) is 4.74 Å². The highest BCUT2D eigenvalue weighted by Crippen LogP contribution is 2.46. The number of aromatic nitrogens is 3. The molecule has 190 valence electrons. The summed E-state index contributed by atoms with van der Waals surface area (Å²) in [4.78, 5) is 26.1. The SMILES string of the molecule is Cc1ccc(C(=O)Nc2ccc(Oc3cc4cn[nH]c4cc3C3CC3)c(F)c2)c(=O)n1-c1ccc(F)cc1. The number of aryl methyl sites for hydroxylation is 1. The smallest absolute Gasteiger partial charge is 0.268 e. The largest absolute Gasteiger partial charge is 0.454 e. The first-order valence-corrected chi connectivity index (χ1v) is 12.1. The van der Waals surface area contributed by atoms with Gasteiger partial charge in [0.1, 0.15) is 17.1 Å². The number of aromatic amines is 1. The first-order valence-electron chi connectivity index (χ1n) is 12.1. The van der Waals surface area contributed by atoms with E-state index in [2.05, 4.69) is 15.5 Å². The molecule has 0 aliphatic heterocycles. The fourth-order valence-electron chi connectivity index (χ4n) is 4.48. The monoisotopic (exact) mass is 512 g/mol. The van der Waals surface area contributed by atoms with E-state index in [1.165, 1.54) is 47.0 Å². The minimum atomic E-state index is -0.694. The van der Waals surface area contributed by atoms with Gasteiger partial charge in [0.25, 0.3) is 11.5 Å². The highest BCUT2D eigenvalue weighted by molar-refractivity contribution is 6.04. The Kier molecular flexibility index (Phi) is 5.75. The fraction of sp³-hybridized carbons (Fsp3) is 0.138. The van der Waals surface area contributed by atoms with Gasteiger partial charge in [-0.2, -0.15) is 5.10 Å². The Balaban J connectivity index is 1.25. The van der Waals surface area contributed by atoms with Gasteiger partial charge in [-0.25, -0.2) is 8.78 Å². The Labute approximate surface area is 215 Å². The number of nitrogens with zero attached hydrogens (tertiary/aromatic N) is 2. The zero-order valence-electron chi connectivity index (χ0n) is 20.3. The number of benzene rings is 3. The molecule has 0 atom stereocenters. The quantitative estimate of drug-likeness (QED) is 0.283. The summed E-state index contributed by atoms with van der Waals surface area (Å²) in [6.07, 6.45) is 3.78. The lowest BCUT2D eigenvalue weighted by Crippen LogP contribution is -2.29. The number of amides is 1. The Bertz CT molecular complexity index is 1750. The highest BCUT2D eigenvalue weighted by Gasteiger charge is 2.28. The van der Waals surface area contributed by atoms with Crippen molar-refractivity contribution >= 4 is 22.5 Å². The molecule has 0 bridgehead atoms. The van der Waals surface area contributed by atoms with Gasteiger partial charge in [-0.3, -0.25) is 19.3 Å². The molecule has 1 aliphatic rings. The molecule has 1 amide bonds. The van der Waals surface area contributed by atoms with Crippen molar-refractivity contribution in [2.75, 3.05) is 5.32 Å². The molecule has 1 fully saturated rings. The number of anilines is 1. The van der Waals surface area contributed by atoms with E-state index in [-0.39, 0.29) is 17.0 Å². The molecule has 1 aliphatic carbocycles. The van der Waals surface area contributed by atoms with E-state index < -0.39 is 23.1 Å². The molecule has 2 heterocycles. The van der Waals surface area contributed by atoms with Crippen LogP contribution in [0.15, 0.2) is 77.7 Å². The van der Waals surface area contributed by atoms with Crippen LogP contribution in [0.5, 0.6) is 11.5 Å². The van der Waals surface area contributed by atoms with Crippen molar-refractivity contribution in [1.82, 2.24) is 14.8 Å². The van der Waals surface area contributed by atoms with E-state index in [1.54, 1.807) is 19.2 Å². The average Bonchev–Trinajstić information content (AvgIpc) is 3.64. The first-order chi connectivity index (χ1) is 18.4. The molecule has 3 aromatic carbocycles. The fourth-order valence-corrected chi connectivity index (χ4v) is 4.48. The third kappa shape index (κ3) is 4.43. The molecule has 0 spiro atoms. The normalized spacial score (nSPS) is 13.0. The Morgan fingerprint density at radius 2 is 1.82 bits per heavy atom. The van der Waals surface area contributed by atoms with Crippen LogP contribution in [0.1, 0.15) is 40.4 Å². The third-order valence-electron chi connectivity index (χ3n) is 6.60. The van der Waals surface area contributed by atoms with Crippen LogP contribution < -0.4 is 15.6 Å². The van der Waals surface area contributed by atoms with Crippen LogP contribution >= 0.6 is 0 Å². The maximum absolute atomic E-state index is 15.0. The number of ether oxygens (including phenoxy) is 1. The zero-order chi connectivity index (χ0) is 26.4. The van der Waals surface area contributed by atoms with E-state index >= 15 is 4.39 Å². The Morgan fingerprint density at radius 1 is 1.03 bits per heavy atom. The van der Waals surface area contributed by atoms with Gasteiger partial charge >= 0.3 is 0 Å². The maximum Gasteiger partial charge on any atom is 0.268 e. The van der Waals surface area contributed by atoms with Gasteiger partial charge in [-0.05, 0) is 86.3 Å². The van der Waals surface area contributed by atoms with Crippen molar-refractivity contribution in [1.29, 1.82) is 0 Å². The van der Waals surface area contributed by atoms with Crippen LogP contribution in [-0.4, -0.2) is 20.7 Å². The summed E-state index contributed by atoms with van der Waals surface area (Å²) in [5.74, 6) is -0.842. The van der Waals surface area contributed by atoms with Crippen molar-refractivity contribution in [3.63, 3.8) is 0 Å². The minimum absolute atomic E-state index is 0.0155. The van der Waals surface area contributed by atoms with Crippen LogP contribution in [0, 0.1) is 18.6 Å². The van der Waals surface area contributed by atoms with Crippen LogP contribution in [0.4, 0.5) is 14.5 Å². The molecule has 5 aromatic rings. The summed E-state index contributed by atoms with van der Waals surface area (Å²) in [5, 5.41) is 10.4. The molecule has 0 radical (unpaired) electrons. The summed E-state index contributed by atoms with van der Waals surface area (Å²) in [6, 6.07) is 16.3. The molecular weight excluding hydrogens is 490 g/mol. The van der Waals surface area contributed by atoms with Gasteiger partial charge in [-0.15, -0.1) is 0 Å². The van der Waals surface area contributed by atoms with E-state index in [0.717, 1.165) is 35.4 Å². The van der Waals surface area contributed by atoms with Crippen molar-refractivity contribution in [2.24, 2.45) is 0 Å². The number of pyridine rings is 1. The number of hydrogen-bond donors (Lipinski definition) is 2. The molecule has 2 N–H and O–H groups in total. The number of rotatable bonds is 6. The molecule has 2 aromatic heterocycles. The lowest BCUT2D eigenvalue weighted by molar-refractivity contribution is 0.102. The second kappa shape index (κ2) is 9.26. The third-order valence-corrected chi connectivity index (χ3v) is 6.60. The van der Waals surface area contributed by atoms with Crippen LogP contribution in [0.2, 0.25) is 0 Å². The van der Waals surface area contributed by atoms with Gasteiger partial charge in [-0.1, -0.05) is 0 Å². The Hall–Kier alpha value is -4.79. The van der Waals surface area contributed by atoms with Crippen molar-refractivity contribution in [3.05, 3.63) is 112 Å². The van der Waals surface area contributed by atoms with Gasteiger partial charge in [0, 0.05) is 34.1 Å². The number of hydrogen-bond acceptors (Lipinski definition) is 4. The zero-order valence-corrected chi connectivity index (χ0v) is 20.3. The Morgan fingerprint density at radius 3 is 2.55 bits per heavy atom. The molecule has 0 saturated heterocycles. The molecule has 7 nitrogen and oxygen atoms in total. The minimum Gasteiger partial charge on any atom is -0.454 e. The topological polar surface area (TPSA) is 89.0 Å². The van der Waals surface area contributed by atoms with Crippen LogP contribution in [-0.2, 0) is 0 Å². The number of halogens is 2. The van der Waals surface area contributed by atoms with Crippen LogP contribution in [0.3, 0.4) is 0 Å². The second-order valence-electron chi connectivity index (χ2n) is 9.33. The summed E-state index contributed by atoms with van der Waals surface area (Å²) in [7, 11) is 0. The van der Waals surface area contributed by atoms with E-state index in [9.17, 15) is 14.0 Å². The number of fused-ring (bicyclic) bond motifs is 1. The number of carbonyl (C=O) groups excluding carboxylic acids is 1. The lowest BCUT2D eigenvalue weighted by atomic mass is 10.1. The standard InChI is InChI=1S/C29H22F2N4O3/c1-16-2-10-22(29(37)35(16)21-8-5-19(30)6-9-21)28(36)33-20-7-11-26(24(31)13-20)38-27-12-18-15-32-34-25(18)14-23(27)17-3-4-17/h2,5-15,17H,3-4H2,1H3,(H,32,34)(H,33,36). The molecular formula is C29H22F2N4O3.